The van der Waals surface area contributed by atoms with Crippen molar-refractivity contribution < 1.29 is 9.15 Å². The summed E-state index contributed by atoms with van der Waals surface area (Å²) < 4.78 is 11.2. The molecule has 2 aliphatic heterocycles. The van der Waals surface area contributed by atoms with E-state index in [-0.39, 0.29) is 0 Å². The normalized spacial score (nSPS) is 28.3. The van der Waals surface area contributed by atoms with Gasteiger partial charge in [-0.2, -0.15) is 0 Å². The minimum absolute atomic E-state index is 0.298. The third kappa shape index (κ3) is 5.00. The number of hydrogen-bond donors (Lipinski definition) is 1. The Morgan fingerprint density at radius 3 is 2.83 bits per heavy atom. The highest BCUT2D eigenvalue weighted by molar-refractivity contribution is 5.80. The van der Waals surface area contributed by atoms with Crippen molar-refractivity contribution in [1.82, 2.24) is 10.2 Å². The number of likely N-dealkylation sites (tertiary alicyclic amines) is 1. The second-order valence-electron chi connectivity index (χ2n) is 7.41. The van der Waals surface area contributed by atoms with Gasteiger partial charge in [-0.15, -0.1) is 0 Å². The third-order valence-electron chi connectivity index (χ3n) is 4.87. The van der Waals surface area contributed by atoms with E-state index in [0.29, 0.717) is 17.9 Å². The lowest BCUT2D eigenvalue weighted by atomic mass is 9.92. The first-order chi connectivity index (χ1) is 11.7. The molecule has 0 radical (unpaired) electrons. The molecule has 0 aliphatic carbocycles. The zero-order chi connectivity index (χ0) is 16.8. The number of piperidine rings is 1. The van der Waals surface area contributed by atoms with E-state index in [1.54, 1.807) is 6.26 Å². The lowest BCUT2D eigenvalue weighted by Gasteiger charge is -2.37. The van der Waals surface area contributed by atoms with E-state index in [0.717, 1.165) is 57.3 Å². The van der Waals surface area contributed by atoms with Gasteiger partial charge in [-0.05, 0) is 43.2 Å². The zero-order valence-electron chi connectivity index (χ0n) is 15.0. The van der Waals surface area contributed by atoms with Gasteiger partial charge in [0.1, 0.15) is 5.76 Å². The standard InChI is InChI=1S/C19H31N3O2/c1-15-11-16(2)14-22(13-15)19(21-12-18-6-4-10-24-18)20-8-7-17-5-3-9-23-17/h3,5,9,15-16,18H,4,6-8,10-14H2,1-2H3,(H,20,21). The summed E-state index contributed by atoms with van der Waals surface area (Å²) >= 11 is 0. The summed E-state index contributed by atoms with van der Waals surface area (Å²) in [5, 5.41) is 3.55. The summed E-state index contributed by atoms with van der Waals surface area (Å²) in [5.41, 5.74) is 0. The number of furan rings is 1. The van der Waals surface area contributed by atoms with Gasteiger partial charge in [-0.1, -0.05) is 13.8 Å². The highest BCUT2D eigenvalue weighted by Gasteiger charge is 2.24. The molecule has 2 saturated heterocycles. The molecule has 5 nitrogen and oxygen atoms in total. The minimum atomic E-state index is 0.298. The number of rotatable bonds is 5. The molecule has 1 N–H and O–H groups in total. The molecule has 3 heterocycles. The van der Waals surface area contributed by atoms with Crippen LogP contribution in [0.1, 0.15) is 38.9 Å². The van der Waals surface area contributed by atoms with Crippen molar-refractivity contribution in [3.05, 3.63) is 24.2 Å². The average molecular weight is 333 g/mol. The van der Waals surface area contributed by atoms with Crippen molar-refractivity contribution in [2.24, 2.45) is 16.8 Å². The van der Waals surface area contributed by atoms with E-state index in [1.807, 2.05) is 12.1 Å². The zero-order valence-corrected chi connectivity index (χ0v) is 15.0. The number of ether oxygens (including phenoxy) is 1. The van der Waals surface area contributed by atoms with Crippen LogP contribution in [0.3, 0.4) is 0 Å². The molecule has 0 aromatic carbocycles. The Labute approximate surface area is 145 Å². The Kier molecular flexibility index (Phi) is 6.18. The fourth-order valence-corrected chi connectivity index (χ4v) is 3.83. The Morgan fingerprint density at radius 1 is 1.33 bits per heavy atom. The van der Waals surface area contributed by atoms with Crippen LogP contribution >= 0.6 is 0 Å². The summed E-state index contributed by atoms with van der Waals surface area (Å²) in [6.45, 7) is 9.34. The van der Waals surface area contributed by atoms with Crippen LogP contribution < -0.4 is 5.32 Å². The second-order valence-corrected chi connectivity index (χ2v) is 7.41. The van der Waals surface area contributed by atoms with E-state index in [4.69, 9.17) is 14.1 Å². The van der Waals surface area contributed by atoms with Crippen molar-refractivity contribution >= 4 is 5.96 Å². The van der Waals surface area contributed by atoms with Gasteiger partial charge < -0.3 is 19.4 Å². The first-order valence-corrected chi connectivity index (χ1v) is 9.38. The van der Waals surface area contributed by atoms with Crippen LogP contribution in [-0.2, 0) is 11.2 Å². The van der Waals surface area contributed by atoms with E-state index in [1.165, 1.54) is 12.8 Å². The fraction of sp³-hybridized carbons (Fsp3) is 0.737. The van der Waals surface area contributed by atoms with Crippen LogP contribution in [0.2, 0.25) is 0 Å². The molecular formula is C19H31N3O2. The largest absolute Gasteiger partial charge is 0.469 e. The Hall–Kier alpha value is -1.49. The second kappa shape index (κ2) is 8.56. The molecule has 1 aromatic heterocycles. The monoisotopic (exact) mass is 333 g/mol. The van der Waals surface area contributed by atoms with Gasteiger partial charge in [-0.25, -0.2) is 0 Å². The SMILES string of the molecule is CC1CC(C)CN(C(=NCC2CCCO2)NCCc2ccco2)C1. The van der Waals surface area contributed by atoms with Crippen molar-refractivity contribution in [2.45, 2.75) is 45.6 Å². The maximum atomic E-state index is 5.73. The summed E-state index contributed by atoms with van der Waals surface area (Å²) in [5.74, 6) is 3.49. The lowest BCUT2D eigenvalue weighted by Crippen LogP contribution is -2.49. The molecule has 0 spiro atoms. The van der Waals surface area contributed by atoms with Gasteiger partial charge in [0.05, 0.1) is 18.9 Å². The van der Waals surface area contributed by atoms with Gasteiger partial charge in [0.2, 0.25) is 0 Å². The van der Waals surface area contributed by atoms with Gasteiger partial charge in [0, 0.05) is 32.7 Å². The first-order valence-electron chi connectivity index (χ1n) is 9.38. The molecule has 3 rings (SSSR count). The van der Waals surface area contributed by atoms with Gasteiger partial charge in [-0.3, -0.25) is 4.99 Å². The number of nitrogens with one attached hydrogen (secondary N) is 1. The maximum Gasteiger partial charge on any atom is 0.194 e. The first kappa shape index (κ1) is 17.3. The van der Waals surface area contributed by atoms with E-state index < -0.39 is 0 Å². The Balaban J connectivity index is 1.59. The fourth-order valence-electron chi connectivity index (χ4n) is 3.83. The number of guanidine groups is 1. The quantitative estimate of drug-likeness (QED) is 0.665. The highest BCUT2D eigenvalue weighted by Crippen LogP contribution is 2.21. The Morgan fingerprint density at radius 2 is 2.17 bits per heavy atom. The molecule has 1 aromatic rings. The molecule has 0 bridgehead atoms. The molecule has 2 fully saturated rings. The molecule has 2 aliphatic rings. The van der Waals surface area contributed by atoms with Crippen molar-refractivity contribution in [3.63, 3.8) is 0 Å². The van der Waals surface area contributed by atoms with Gasteiger partial charge in [0.25, 0.3) is 0 Å². The average Bonchev–Trinajstić information content (AvgIpc) is 3.23. The lowest BCUT2D eigenvalue weighted by molar-refractivity contribution is 0.117. The molecule has 5 heteroatoms. The summed E-state index contributed by atoms with van der Waals surface area (Å²) in [6, 6.07) is 3.96. The molecule has 0 saturated carbocycles. The molecule has 0 amide bonds. The van der Waals surface area contributed by atoms with Crippen LogP contribution in [0.25, 0.3) is 0 Å². The van der Waals surface area contributed by atoms with E-state index in [9.17, 15) is 0 Å². The predicted octanol–water partition coefficient (Wildman–Crippen LogP) is 2.92. The predicted molar refractivity (Wildman–Crippen MR) is 96.2 cm³/mol. The summed E-state index contributed by atoms with van der Waals surface area (Å²) in [6.07, 6.45) is 6.52. The number of hydrogen-bond acceptors (Lipinski definition) is 3. The van der Waals surface area contributed by atoms with E-state index >= 15 is 0 Å². The van der Waals surface area contributed by atoms with Gasteiger partial charge in [0.15, 0.2) is 5.96 Å². The van der Waals surface area contributed by atoms with Crippen molar-refractivity contribution in [3.8, 4) is 0 Å². The smallest absolute Gasteiger partial charge is 0.194 e. The van der Waals surface area contributed by atoms with E-state index in [2.05, 4.69) is 24.1 Å². The van der Waals surface area contributed by atoms with Crippen LogP contribution in [0, 0.1) is 11.8 Å². The molecule has 3 atom stereocenters. The molecule has 3 unspecified atom stereocenters. The Bertz CT molecular complexity index is 499. The summed E-state index contributed by atoms with van der Waals surface area (Å²) in [7, 11) is 0. The van der Waals surface area contributed by atoms with Crippen molar-refractivity contribution in [1.29, 1.82) is 0 Å². The van der Waals surface area contributed by atoms with Crippen LogP contribution in [0.15, 0.2) is 27.8 Å². The topological polar surface area (TPSA) is 50.0 Å². The van der Waals surface area contributed by atoms with Crippen LogP contribution in [-0.4, -0.2) is 49.7 Å². The number of aliphatic imine (C=N–C) groups is 1. The van der Waals surface area contributed by atoms with Crippen LogP contribution in [0.5, 0.6) is 0 Å². The maximum absolute atomic E-state index is 5.73. The van der Waals surface area contributed by atoms with Crippen LogP contribution in [0.4, 0.5) is 0 Å². The molecule has 24 heavy (non-hydrogen) atoms. The third-order valence-corrected chi connectivity index (χ3v) is 4.87. The summed E-state index contributed by atoms with van der Waals surface area (Å²) in [4.78, 5) is 7.32. The minimum Gasteiger partial charge on any atom is -0.469 e. The molecular weight excluding hydrogens is 302 g/mol. The van der Waals surface area contributed by atoms with Gasteiger partial charge >= 0.3 is 0 Å². The highest BCUT2D eigenvalue weighted by atomic mass is 16.5. The number of nitrogens with zero attached hydrogens (tertiary/aromatic N) is 2. The van der Waals surface area contributed by atoms with Crippen molar-refractivity contribution in [2.75, 3.05) is 32.8 Å². The molecule has 134 valence electrons.